The summed E-state index contributed by atoms with van der Waals surface area (Å²) in [4.78, 5) is 37.7. The SMILES string of the molecule is O=C([O-])/C=C\C(=O)[O-].O=C([O-])/C=C\C(=O)[O-].[Zn+2].[Zn+2]. The molecule has 0 saturated heterocycles. The predicted octanol–water partition coefficient (Wildman–Crippen LogP) is -5.92. The van der Waals surface area contributed by atoms with Crippen molar-refractivity contribution in [2.45, 2.75) is 0 Å². The van der Waals surface area contributed by atoms with Crippen LogP contribution in [0.5, 0.6) is 0 Å². The molecule has 0 aliphatic rings. The van der Waals surface area contributed by atoms with Crippen LogP contribution in [0.3, 0.4) is 0 Å². The maximum atomic E-state index is 9.41. The minimum absolute atomic E-state index is 0. The van der Waals surface area contributed by atoms with Crippen LogP contribution in [-0.4, -0.2) is 23.9 Å². The summed E-state index contributed by atoms with van der Waals surface area (Å²) in [6.07, 6.45) is 1.54. The van der Waals surface area contributed by atoms with Gasteiger partial charge < -0.3 is 39.6 Å². The third kappa shape index (κ3) is 36.5. The average Bonchev–Trinajstić information content (AvgIpc) is 2.12. The van der Waals surface area contributed by atoms with E-state index in [1.54, 1.807) is 0 Å². The maximum absolute atomic E-state index is 9.41. The van der Waals surface area contributed by atoms with Gasteiger partial charge in [-0.1, -0.05) is 0 Å². The van der Waals surface area contributed by atoms with Crippen LogP contribution in [0.15, 0.2) is 24.3 Å². The molecule has 0 atom stereocenters. The molecule has 10 heteroatoms. The van der Waals surface area contributed by atoms with Crippen LogP contribution in [0.4, 0.5) is 0 Å². The maximum Gasteiger partial charge on any atom is 2.00 e. The first-order chi connectivity index (χ1) is 7.25. The Kier molecular flexibility index (Phi) is 22.1. The van der Waals surface area contributed by atoms with E-state index in [0.717, 1.165) is 0 Å². The number of hydrogen-bond acceptors (Lipinski definition) is 8. The minimum atomic E-state index is -1.55. The second kappa shape index (κ2) is 15.6. The summed E-state index contributed by atoms with van der Waals surface area (Å²) in [5.41, 5.74) is 0. The largest absolute Gasteiger partial charge is 2.00 e. The molecular weight excluding hydrogens is 355 g/mol. The monoisotopic (exact) mass is 356 g/mol. The quantitative estimate of drug-likeness (QED) is 0.354. The first kappa shape index (κ1) is 25.5. The molecule has 0 aromatic rings. The van der Waals surface area contributed by atoms with Crippen molar-refractivity contribution in [1.29, 1.82) is 0 Å². The van der Waals surface area contributed by atoms with E-state index in [0.29, 0.717) is 24.3 Å². The van der Waals surface area contributed by atoms with Crippen LogP contribution in [0.2, 0.25) is 0 Å². The Morgan fingerprint density at radius 2 is 0.611 bits per heavy atom. The molecular formula is C8H4O8Zn2. The number of hydrogen-bond donors (Lipinski definition) is 0. The first-order valence-electron chi connectivity index (χ1n) is 3.45. The fourth-order valence-electron chi connectivity index (χ4n) is 0.272. The molecule has 0 bridgehead atoms. The number of carbonyl (C=O) groups excluding carboxylic acids is 4. The number of carbonyl (C=O) groups is 4. The normalized spacial score (nSPS) is 8.44. The van der Waals surface area contributed by atoms with E-state index in [1.807, 2.05) is 0 Å². The number of rotatable bonds is 4. The number of carboxylic acid groups (broad SMARTS) is 4. The zero-order valence-corrected chi connectivity index (χ0v) is 14.9. The summed E-state index contributed by atoms with van der Waals surface area (Å²) in [6.45, 7) is 0. The van der Waals surface area contributed by atoms with Gasteiger partial charge in [0.15, 0.2) is 0 Å². The van der Waals surface area contributed by atoms with Crippen molar-refractivity contribution < 1.29 is 78.6 Å². The summed E-state index contributed by atoms with van der Waals surface area (Å²) in [7, 11) is 0. The van der Waals surface area contributed by atoms with E-state index < -0.39 is 23.9 Å². The van der Waals surface area contributed by atoms with Gasteiger partial charge in [0.2, 0.25) is 0 Å². The zero-order chi connectivity index (χ0) is 13.1. The Labute approximate surface area is 127 Å². The van der Waals surface area contributed by atoms with E-state index in [-0.39, 0.29) is 39.0 Å². The van der Waals surface area contributed by atoms with Gasteiger partial charge in [-0.2, -0.15) is 0 Å². The smallest absolute Gasteiger partial charge is 0.545 e. The molecule has 0 saturated carbocycles. The molecule has 0 unspecified atom stereocenters. The molecule has 0 fully saturated rings. The molecule has 0 heterocycles. The van der Waals surface area contributed by atoms with Gasteiger partial charge in [-0.3, -0.25) is 0 Å². The van der Waals surface area contributed by atoms with E-state index in [2.05, 4.69) is 0 Å². The van der Waals surface area contributed by atoms with Gasteiger partial charge in [0.25, 0.3) is 0 Å². The van der Waals surface area contributed by atoms with E-state index in [4.69, 9.17) is 0 Å². The van der Waals surface area contributed by atoms with Gasteiger partial charge in [0, 0.05) is 0 Å². The van der Waals surface area contributed by atoms with Crippen molar-refractivity contribution in [3.05, 3.63) is 24.3 Å². The standard InChI is InChI=1S/2C4H4O4.2Zn/c2*5-3(6)1-2-4(7)8;;/h2*1-2H,(H,5,6)(H,7,8);;/q;;2*+2/p-4/b2*2-1-;;. The summed E-state index contributed by atoms with van der Waals surface area (Å²) in [5, 5.41) is 37.7. The van der Waals surface area contributed by atoms with Gasteiger partial charge >= 0.3 is 39.0 Å². The summed E-state index contributed by atoms with van der Waals surface area (Å²) < 4.78 is 0. The van der Waals surface area contributed by atoms with Crippen LogP contribution in [0, 0.1) is 0 Å². The molecule has 0 radical (unpaired) electrons. The van der Waals surface area contributed by atoms with Gasteiger partial charge in [0.1, 0.15) is 0 Å². The Balaban J connectivity index is -0.0000000980. The topological polar surface area (TPSA) is 161 Å². The number of carboxylic acids is 4. The summed E-state index contributed by atoms with van der Waals surface area (Å²) in [6, 6.07) is 0. The molecule has 0 aliphatic carbocycles. The molecule has 88 valence electrons. The van der Waals surface area contributed by atoms with Gasteiger partial charge in [-0.25, -0.2) is 0 Å². The summed E-state index contributed by atoms with van der Waals surface area (Å²) in [5.74, 6) is -6.19. The molecule has 0 aliphatic heterocycles. The fraction of sp³-hybridized carbons (Fsp3) is 0. The van der Waals surface area contributed by atoms with Crippen molar-refractivity contribution in [2.24, 2.45) is 0 Å². The number of aliphatic carboxylic acids is 4. The van der Waals surface area contributed by atoms with Crippen LogP contribution < -0.4 is 20.4 Å². The Morgan fingerprint density at radius 1 is 0.500 bits per heavy atom. The molecule has 0 amide bonds. The van der Waals surface area contributed by atoms with Gasteiger partial charge in [-0.15, -0.1) is 0 Å². The van der Waals surface area contributed by atoms with Crippen LogP contribution in [0.1, 0.15) is 0 Å². The van der Waals surface area contributed by atoms with Crippen molar-refractivity contribution in [3.63, 3.8) is 0 Å². The molecule has 0 N–H and O–H groups in total. The van der Waals surface area contributed by atoms with Gasteiger partial charge in [0.05, 0.1) is 23.9 Å². The third-order valence-corrected chi connectivity index (χ3v) is 0.711. The fourth-order valence-corrected chi connectivity index (χ4v) is 0.272. The summed E-state index contributed by atoms with van der Waals surface area (Å²) >= 11 is 0. The molecule has 0 aromatic heterocycles. The predicted molar refractivity (Wildman–Crippen MR) is 38.3 cm³/mol. The minimum Gasteiger partial charge on any atom is -0.545 e. The molecule has 18 heavy (non-hydrogen) atoms. The van der Waals surface area contributed by atoms with Crippen molar-refractivity contribution in [3.8, 4) is 0 Å². The van der Waals surface area contributed by atoms with Crippen LogP contribution in [0.25, 0.3) is 0 Å². The average molecular weight is 359 g/mol. The Hall–Kier alpha value is -1.39. The van der Waals surface area contributed by atoms with Gasteiger partial charge in [-0.05, 0) is 24.3 Å². The van der Waals surface area contributed by atoms with E-state index in [9.17, 15) is 39.6 Å². The van der Waals surface area contributed by atoms with E-state index in [1.165, 1.54) is 0 Å². The second-order valence-corrected chi connectivity index (χ2v) is 1.94. The van der Waals surface area contributed by atoms with E-state index >= 15 is 0 Å². The molecule has 0 spiro atoms. The van der Waals surface area contributed by atoms with Crippen molar-refractivity contribution in [2.75, 3.05) is 0 Å². The first-order valence-corrected chi connectivity index (χ1v) is 3.45. The second-order valence-electron chi connectivity index (χ2n) is 1.94. The zero-order valence-electron chi connectivity index (χ0n) is 8.99. The Morgan fingerprint density at radius 3 is 0.667 bits per heavy atom. The van der Waals surface area contributed by atoms with Crippen molar-refractivity contribution in [1.82, 2.24) is 0 Å². The third-order valence-electron chi connectivity index (χ3n) is 0.711. The molecule has 8 nitrogen and oxygen atoms in total. The molecule has 0 aromatic carbocycles. The van der Waals surface area contributed by atoms with Crippen LogP contribution >= 0.6 is 0 Å². The van der Waals surface area contributed by atoms with Crippen LogP contribution in [-0.2, 0) is 58.1 Å². The molecule has 0 rings (SSSR count). The van der Waals surface area contributed by atoms with Crippen molar-refractivity contribution >= 4 is 23.9 Å². The Bertz CT molecular complexity index is 281.